The van der Waals surface area contributed by atoms with E-state index >= 15 is 0 Å². The van der Waals surface area contributed by atoms with Gasteiger partial charge in [0.2, 0.25) is 0 Å². The van der Waals surface area contributed by atoms with Crippen LogP contribution in [-0.2, 0) is 14.1 Å². The van der Waals surface area contributed by atoms with Gasteiger partial charge in [0.1, 0.15) is 23.0 Å². The fraction of sp³-hybridized carbons (Fsp3) is 0.0500. The summed E-state index contributed by atoms with van der Waals surface area (Å²) >= 11 is 0. The lowest BCUT2D eigenvalue weighted by Gasteiger charge is -2.10. The molecule has 0 aliphatic heterocycles. The number of hydrogen-bond acceptors (Lipinski definition) is 9. The first-order valence-electron chi connectivity index (χ1n) is 16.5. The van der Waals surface area contributed by atoms with Crippen molar-refractivity contribution in [2.24, 2.45) is 14.1 Å². The van der Waals surface area contributed by atoms with Crippen molar-refractivity contribution in [2.45, 2.75) is 0 Å². The number of amides is 1. The first kappa shape index (κ1) is 33.9. The molecule has 0 unspecified atom stereocenters. The van der Waals surface area contributed by atoms with Crippen LogP contribution in [0.2, 0.25) is 0 Å². The number of aryl methyl sites for hydroxylation is 2. The molecule has 0 spiro atoms. The van der Waals surface area contributed by atoms with E-state index < -0.39 is 0 Å². The molecule has 5 heterocycles. The van der Waals surface area contributed by atoms with Crippen molar-refractivity contribution in [3.63, 3.8) is 0 Å². The van der Waals surface area contributed by atoms with Gasteiger partial charge in [0.25, 0.3) is 5.91 Å². The van der Waals surface area contributed by atoms with E-state index in [9.17, 15) is 4.79 Å². The maximum Gasteiger partial charge on any atom is 0.255 e. The quantitative estimate of drug-likeness (QED) is 0.145. The monoisotopic (exact) mass is 702 g/mol. The molecule has 262 valence electrons. The van der Waals surface area contributed by atoms with Gasteiger partial charge in [-0.25, -0.2) is 4.98 Å². The Kier molecular flexibility index (Phi) is 9.96. The molecule has 0 saturated heterocycles. The van der Waals surface area contributed by atoms with Crippen LogP contribution in [0.15, 0.2) is 153 Å². The Morgan fingerprint density at radius 3 is 1.81 bits per heavy atom. The number of nitrogen functional groups attached to an aromatic ring is 1. The molecular formula is C40H34N10O3. The zero-order chi connectivity index (χ0) is 36.6. The summed E-state index contributed by atoms with van der Waals surface area (Å²) in [7, 11) is 3.73. The summed E-state index contributed by atoms with van der Waals surface area (Å²) < 4.78 is 17.1. The van der Waals surface area contributed by atoms with Gasteiger partial charge in [0, 0.05) is 109 Å². The molecule has 0 aliphatic carbocycles. The van der Waals surface area contributed by atoms with E-state index in [2.05, 4.69) is 30.5 Å². The molecule has 8 rings (SSSR count). The fourth-order valence-corrected chi connectivity index (χ4v) is 5.26. The minimum Gasteiger partial charge on any atom is -0.457 e. The fourth-order valence-electron chi connectivity index (χ4n) is 5.26. The van der Waals surface area contributed by atoms with Crippen LogP contribution < -0.4 is 20.5 Å². The predicted octanol–water partition coefficient (Wildman–Crippen LogP) is 7.57. The van der Waals surface area contributed by atoms with Crippen LogP contribution in [0, 0.1) is 0 Å². The standard InChI is InChI=1S/C25H20N6O2.C15H14N4O/c1-30-16-19(15-28-30)24-14-23(9-10-27-24)33-22-4-2-3-20(13-22)29-25(32)18-5-7-21(8-6-18)31-12-11-26-17-31;1-19-10-11(9-18-19)15-8-14(5-6-17-15)20-13-4-2-3-12(16)7-13/h2-17H,1H3,(H,29,32);2-10H,16H2,1H3. The van der Waals surface area contributed by atoms with Crippen molar-refractivity contribution in [1.29, 1.82) is 0 Å². The summed E-state index contributed by atoms with van der Waals surface area (Å²) in [6, 6.07) is 29.2. The van der Waals surface area contributed by atoms with E-state index in [0.29, 0.717) is 39.9 Å². The van der Waals surface area contributed by atoms with Crippen LogP contribution >= 0.6 is 0 Å². The van der Waals surface area contributed by atoms with Gasteiger partial charge >= 0.3 is 0 Å². The third-order valence-electron chi connectivity index (χ3n) is 7.82. The number of carbonyl (C=O) groups excluding carboxylic acids is 1. The van der Waals surface area contributed by atoms with Gasteiger partial charge in [-0.2, -0.15) is 10.2 Å². The van der Waals surface area contributed by atoms with Gasteiger partial charge in [0.15, 0.2) is 0 Å². The number of ether oxygens (including phenoxy) is 2. The summed E-state index contributed by atoms with van der Waals surface area (Å²) in [6.07, 6.45) is 16.0. The zero-order valence-corrected chi connectivity index (χ0v) is 28.8. The number of nitrogens with two attached hydrogens (primary N) is 1. The molecule has 3 N–H and O–H groups in total. The number of anilines is 2. The van der Waals surface area contributed by atoms with Gasteiger partial charge in [0.05, 0.1) is 30.1 Å². The second-order valence-electron chi connectivity index (χ2n) is 11.8. The molecule has 53 heavy (non-hydrogen) atoms. The number of benzene rings is 3. The first-order chi connectivity index (χ1) is 25.8. The highest BCUT2D eigenvalue weighted by Gasteiger charge is 2.10. The second kappa shape index (κ2) is 15.6. The van der Waals surface area contributed by atoms with Crippen LogP contribution in [0.5, 0.6) is 23.0 Å². The Morgan fingerprint density at radius 2 is 1.26 bits per heavy atom. The Balaban J connectivity index is 0.000000186. The largest absolute Gasteiger partial charge is 0.457 e. The molecule has 0 radical (unpaired) electrons. The van der Waals surface area contributed by atoms with Crippen LogP contribution in [0.1, 0.15) is 10.4 Å². The van der Waals surface area contributed by atoms with Crippen LogP contribution in [-0.4, -0.2) is 45.0 Å². The van der Waals surface area contributed by atoms with E-state index in [4.69, 9.17) is 15.2 Å². The number of nitrogens with one attached hydrogen (secondary N) is 1. The first-order valence-corrected chi connectivity index (χ1v) is 16.5. The van der Waals surface area contributed by atoms with Crippen molar-refractivity contribution in [3.05, 3.63) is 159 Å². The van der Waals surface area contributed by atoms with Crippen molar-refractivity contribution in [2.75, 3.05) is 11.1 Å². The molecule has 5 aromatic heterocycles. The number of pyridine rings is 2. The topological polar surface area (TPSA) is 153 Å². The van der Waals surface area contributed by atoms with E-state index in [1.807, 2.05) is 104 Å². The normalized spacial score (nSPS) is 10.6. The highest BCUT2D eigenvalue weighted by Crippen LogP contribution is 2.28. The molecule has 0 fully saturated rings. The Hall–Kier alpha value is -7.54. The molecule has 0 bridgehead atoms. The third-order valence-corrected chi connectivity index (χ3v) is 7.82. The molecule has 1 amide bonds. The van der Waals surface area contributed by atoms with Crippen LogP contribution in [0.4, 0.5) is 11.4 Å². The molecule has 3 aromatic carbocycles. The van der Waals surface area contributed by atoms with Gasteiger partial charge in [-0.05, 0) is 60.7 Å². The van der Waals surface area contributed by atoms with E-state index in [1.54, 1.807) is 77.0 Å². The van der Waals surface area contributed by atoms with Crippen molar-refractivity contribution in [1.82, 2.24) is 39.1 Å². The van der Waals surface area contributed by atoms with E-state index in [1.165, 1.54) is 0 Å². The Labute approximate surface area is 305 Å². The lowest BCUT2D eigenvalue weighted by atomic mass is 10.2. The maximum absolute atomic E-state index is 12.7. The Morgan fingerprint density at radius 1 is 0.679 bits per heavy atom. The minimum atomic E-state index is -0.202. The average Bonchev–Trinajstić information content (AvgIpc) is 3.96. The van der Waals surface area contributed by atoms with Crippen molar-refractivity contribution in [3.8, 4) is 51.2 Å². The van der Waals surface area contributed by atoms with Crippen LogP contribution in [0.25, 0.3) is 28.2 Å². The van der Waals surface area contributed by atoms with E-state index in [-0.39, 0.29) is 5.91 Å². The summed E-state index contributed by atoms with van der Waals surface area (Å²) in [4.78, 5) is 25.4. The average molecular weight is 703 g/mol. The molecule has 8 aromatic rings. The number of rotatable bonds is 9. The summed E-state index contributed by atoms with van der Waals surface area (Å²) in [5, 5.41) is 11.2. The number of aromatic nitrogens is 8. The molecular weight excluding hydrogens is 669 g/mol. The number of carbonyl (C=O) groups is 1. The molecule has 0 atom stereocenters. The zero-order valence-electron chi connectivity index (χ0n) is 28.8. The summed E-state index contributed by atoms with van der Waals surface area (Å²) in [6.45, 7) is 0. The molecule has 13 heteroatoms. The number of nitrogens with zero attached hydrogens (tertiary/aromatic N) is 8. The summed E-state index contributed by atoms with van der Waals surface area (Å²) in [5.41, 5.74) is 12.0. The smallest absolute Gasteiger partial charge is 0.255 e. The van der Waals surface area contributed by atoms with Gasteiger partial charge in [-0.15, -0.1) is 0 Å². The predicted molar refractivity (Wildman–Crippen MR) is 202 cm³/mol. The van der Waals surface area contributed by atoms with E-state index in [0.717, 1.165) is 28.2 Å². The van der Waals surface area contributed by atoms with Crippen molar-refractivity contribution < 1.29 is 14.3 Å². The lowest BCUT2D eigenvalue weighted by molar-refractivity contribution is 0.102. The van der Waals surface area contributed by atoms with Gasteiger partial charge in [-0.1, -0.05) is 12.1 Å². The SMILES string of the molecule is Cn1cc(-c2cc(Oc3cccc(N)c3)ccn2)cn1.Cn1cc(-c2cc(Oc3cccc(NC(=O)c4ccc(-n5ccnc5)cc4)c3)ccn2)cn1. The lowest BCUT2D eigenvalue weighted by Crippen LogP contribution is -2.11. The molecule has 0 saturated carbocycles. The molecule has 0 aliphatic rings. The minimum absolute atomic E-state index is 0.202. The molecule has 13 nitrogen and oxygen atoms in total. The van der Waals surface area contributed by atoms with Gasteiger partial charge in [-0.3, -0.25) is 24.1 Å². The second-order valence-corrected chi connectivity index (χ2v) is 11.8. The highest BCUT2D eigenvalue weighted by molar-refractivity contribution is 6.04. The third kappa shape index (κ3) is 8.80. The van der Waals surface area contributed by atoms with Gasteiger partial charge < -0.3 is 25.1 Å². The van der Waals surface area contributed by atoms with Crippen molar-refractivity contribution >= 4 is 17.3 Å². The highest BCUT2D eigenvalue weighted by atomic mass is 16.5. The van der Waals surface area contributed by atoms with Crippen LogP contribution in [0.3, 0.4) is 0 Å². The maximum atomic E-state index is 12.7. The Bertz CT molecular complexity index is 2450. The number of hydrogen-bond donors (Lipinski definition) is 2. The summed E-state index contributed by atoms with van der Waals surface area (Å²) in [5.74, 6) is 2.46. The number of imidazole rings is 1.